The summed E-state index contributed by atoms with van der Waals surface area (Å²) in [6.07, 6.45) is 3.94. The Hall–Kier alpha value is -1.73. The molecule has 1 aromatic carbocycles. The Kier molecular flexibility index (Phi) is 4.06. The van der Waals surface area contributed by atoms with E-state index in [9.17, 15) is 5.11 Å². The largest absolute Gasteiger partial charge is 0.398 e. The molecule has 96 valence electrons. The predicted molar refractivity (Wildman–Crippen MR) is 72.2 cm³/mol. The number of hydrogen-bond donors (Lipinski definition) is 2. The van der Waals surface area contributed by atoms with Gasteiger partial charge < -0.3 is 15.7 Å². The van der Waals surface area contributed by atoms with Gasteiger partial charge in [-0.2, -0.15) is 5.26 Å². The van der Waals surface area contributed by atoms with Gasteiger partial charge in [-0.05, 0) is 43.0 Å². The molecule has 0 spiro atoms. The van der Waals surface area contributed by atoms with E-state index < -0.39 is 0 Å². The summed E-state index contributed by atoms with van der Waals surface area (Å²) in [5, 5.41) is 18.0. The van der Waals surface area contributed by atoms with Crippen LogP contribution in [0.5, 0.6) is 0 Å². The van der Waals surface area contributed by atoms with Crippen molar-refractivity contribution in [1.82, 2.24) is 0 Å². The standard InChI is InChI=1S/C14H19N3O/c15-7-6-11-10-13(4-5-14(11)16)17(8-9-18)12-2-1-3-12/h4-5,10,12,18H,1-3,6,8-9,16H2. The van der Waals surface area contributed by atoms with Gasteiger partial charge in [-0.3, -0.25) is 0 Å². The van der Waals surface area contributed by atoms with Crippen LogP contribution >= 0.6 is 0 Å². The Morgan fingerprint density at radius 3 is 2.78 bits per heavy atom. The van der Waals surface area contributed by atoms with Crippen molar-refractivity contribution in [2.45, 2.75) is 31.7 Å². The molecule has 0 atom stereocenters. The van der Waals surface area contributed by atoms with Gasteiger partial charge >= 0.3 is 0 Å². The van der Waals surface area contributed by atoms with Gasteiger partial charge in [0.25, 0.3) is 0 Å². The fourth-order valence-corrected chi connectivity index (χ4v) is 2.34. The number of nitrogens with two attached hydrogens (primary N) is 1. The molecule has 1 aromatic rings. The quantitative estimate of drug-likeness (QED) is 0.774. The van der Waals surface area contributed by atoms with Crippen LogP contribution in [0.4, 0.5) is 11.4 Å². The van der Waals surface area contributed by atoms with Crippen molar-refractivity contribution in [3.8, 4) is 6.07 Å². The summed E-state index contributed by atoms with van der Waals surface area (Å²) in [5.41, 5.74) is 8.45. The van der Waals surface area contributed by atoms with Crippen molar-refractivity contribution in [3.63, 3.8) is 0 Å². The second-order valence-electron chi connectivity index (χ2n) is 4.72. The van der Waals surface area contributed by atoms with Gasteiger partial charge in [-0.15, -0.1) is 0 Å². The highest BCUT2D eigenvalue weighted by molar-refractivity contribution is 5.59. The molecule has 0 aromatic heterocycles. The first-order valence-corrected chi connectivity index (χ1v) is 6.39. The number of nitrogens with zero attached hydrogens (tertiary/aromatic N) is 2. The number of nitriles is 1. The van der Waals surface area contributed by atoms with E-state index in [1.54, 1.807) is 0 Å². The SMILES string of the molecule is N#CCc1cc(N(CCO)C2CCC2)ccc1N. The van der Waals surface area contributed by atoms with E-state index in [1.165, 1.54) is 19.3 Å². The summed E-state index contributed by atoms with van der Waals surface area (Å²) >= 11 is 0. The minimum atomic E-state index is 0.147. The van der Waals surface area contributed by atoms with Crippen molar-refractivity contribution in [3.05, 3.63) is 23.8 Å². The highest BCUT2D eigenvalue weighted by Crippen LogP contribution is 2.31. The molecule has 0 saturated heterocycles. The third kappa shape index (κ3) is 2.57. The Bertz CT molecular complexity index is 449. The molecule has 0 bridgehead atoms. The Morgan fingerprint density at radius 1 is 1.44 bits per heavy atom. The lowest BCUT2D eigenvalue weighted by Gasteiger charge is -2.39. The normalized spacial score (nSPS) is 14.9. The second kappa shape index (κ2) is 5.74. The fourth-order valence-electron chi connectivity index (χ4n) is 2.34. The first-order chi connectivity index (χ1) is 8.76. The molecule has 4 heteroatoms. The van der Waals surface area contributed by atoms with Gasteiger partial charge in [-0.25, -0.2) is 0 Å². The molecule has 18 heavy (non-hydrogen) atoms. The summed E-state index contributed by atoms with van der Waals surface area (Å²) in [4.78, 5) is 2.23. The molecular weight excluding hydrogens is 226 g/mol. The third-order valence-electron chi connectivity index (χ3n) is 3.58. The lowest BCUT2D eigenvalue weighted by atomic mass is 9.91. The smallest absolute Gasteiger partial charge is 0.0670 e. The van der Waals surface area contributed by atoms with Crippen LogP contribution in [0.3, 0.4) is 0 Å². The summed E-state index contributed by atoms with van der Waals surface area (Å²) in [6.45, 7) is 0.787. The van der Waals surface area contributed by atoms with E-state index in [0.29, 0.717) is 24.7 Å². The summed E-state index contributed by atoms with van der Waals surface area (Å²) < 4.78 is 0. The summed E-state index contributed by atoms with van der Waals surface area (Å²) in [6, 6.07) is 8.46. The van der Waals surface area contributed by atoms with Gasteiger partial charge in [0.05, 0.1) is 19.1 Å². The number of hydrogen-bond acceptors (Lipinski definition) is 4. The topological polar surface area (TPSA) is 73.3 Å². The molecule has 3 N–H and O–H groups in total. The van der Waals surface area contributed by atoms with Crippen LogP contribution < -0.4 is 10.6 Å². The van der Waals surface area contributed by atoms with E-state index >= 15 is 0 Å². The first kappa shape index (κ1) is 12.7. The Labute approximate surface area is 108 Å². The molecular formula is C14H19N3O. The molecule has 0 heterocycles. The monoisotopic (exact) mass is 245 g/mol. The molecule has 2 rings (SSSR count). The van der Waals surface area contributed by atoms with Crippen molar-refractivity contribution < 1.29 is 5.11 Å². The predicted octanol–water partition coefficient (Wildman–Crippen LogP) is 1.69. The molecule has 0 radical (unpaired) electrons. The van der Waals surface area contributed by atoms with Crippen LogP contribution in [0.25, 0.3) is 0 Å². The van der Waals surface area contributed by atoms with E-state index in [1.807, 2.05) is 18.2 Å². The van der Waals surface area contributed by atoms with E-state index in [4.69, 9.17) is 11.0 Å². The lowest BCUT2D eigenvalue weighted by molar-refractivity contribution is 0.283. The maximum atomic E-state index is 9.18. The number of anilines is 2. The van der Waals surface area contributed by atoms with E-state index in [-0.39, 0.29) is 6.61 Å². The molecule has 1 fully saturated rings. The first-order valence-electron chi connectivity index (χ1n) is 6.39. The summed E-state index contributed by atoms with van der Waals surface area (Å²) in [5.74, 6) is 0. The maximum Gasteiger partial charge on any atom is 0.0670 e. The zero-order chi connectivity index (χ0) is 13.0. The molecule has 0 amide bonds. The second-order valence-corrected chi connectivity index (χ2v) is 4.72. The fraction of sp³-hybridized carbons (Fsp3) is 0.500. The van der Waals surface area contributed by atoms with Crippen LogP contribution in [0.1, 0.15) is 24.8 Å². The van der Waals surface area contributed by atoms with Gasteiger partial charge in [0.1, 0.15) is 0 Å². The molecule has 1 aliphatic carbocycles. The molecule has 4 nitrogen and oxygen atoms in total. The maximum absolute atomic E-state index is 9.18. The molecule has 1 saturated carbocycles. The van der Waals surface area contributed by atoms with Gasteiger partial charge in [0.15, 0.2) is 0 Å². The highest BCUT2D eigenvalue weighted by Gasteiger charge is 2.25. The zero-order valence-corrected chi connectivity index (χ0v) is 10.5. The summed E-state index contributed by atoms with van der Waals surface area (Å²) in [7, 11) is 0. The molecule has 0 aliphatic heterocycles. The van der Waals surface area contributed by atoms with Crippen LogP contribution in [0, 0.1) is 11.3 Å². The number of aliphatic hydroxyl groups is 1. The number of benzene rings is 1. The van der Waals surface area contributed by atoms with Gasteiger partial charge in [0.2, 0.25) is 0 Å². The average Bonchev–Trinajstić information content (AvgIpc) is 2.29. The van der Waals surface area contributed by atoms with Crippen LogP contribution in [-0.4, -0.2) is 24.3 Å². The Balaban J connectivity index is 2.23. The Morgan fingerprint density at radius 2 is 2.22 bits per heavy atom. The highest BCUT2D eigenvalue weighted by atomic mass is 16.3. The van der Waals surface area contributed by atoms with Crippen molar-refractivity contribution in [1.29, 1.82) is 5.26 Å². The lowest BCUT2D eigenvalue weighted by Crippen LogP contribution is -2.42. The number of nitrogen functional groups attached to an aromatic ring is 1. The number of rotatable bonds is 5. The van der Waals surface area contributed by atoms with E-state index in [0.717, 1.165) is 11.3 Å². The van der Waals surface area contributed by atoms with Crippen molar-refractivity contribution in [2.24, 2.45) is 0 Å². The minimum Gasteiger partial charge on any atom is -0.398 e. The van der Waals surface area contributed by atoms with Crippen LogP contribution in [0.2, 0.25) is 0 Å². The molecule has 1 aliphatic rings. The minimum absolute atomic E-state index is 0.147. The van der Waals surface area contributed by atoms with E-state index in [2.05, 4.69) is 11.0 Å². The van der Waals surface area contributed by atoms with Crippen LogP contribution in [-0.2, 0) is 6.42 Å². The van der Waals surface area contributed by atoms with Gasteiger partial charge in [0, 0.05) is 24.0 Å². The van der Waals surface area contributed by atoms with Crippen molar-refractivity contribution >= 4 is 11.4 Å². The zero-order valence-electron chi connectivity index (χ0n) is 10.5. The third-order valence-corrected chi connectivity index (χ3v) is 3.58. The van der Waals surface area contributed by atoms with Crippen molar-refractivity contribution in [2.75, 3.05) is 23.8 Å². The average molecular weight is 245 g/mol. The van der Waals surface area contributed by atoms with Gasteiger partial charge in [-0.1, -0.05) is 0 Å². The van der Waals surface area contributed by atoms with Crippen LogP contribution in [0.15, 0.2) is 18.2 Å². The number of aliphatic hydroxyl groups excluding tert-OH is 1. The molecule has 0 unspecified atom stereocenters.